The lowest BCUT2D eigenvalue weighted by Crippen LogP contribution is -2.40. The van der Waals surface area contributed by atoms with Crippen LogP contribution < -0.4 is 0 Å². The molecule has 0 bridgehead atoms. The zero-order valence-corrected chi connectivity index (χ0v) is 14.0. The molecule has 2 aromatic heterocycles. The molecule has 1 fully saturated rings. The van der Waals surface area contributed by atoms with Crippen molar-refractivity contribution in [3.05, 3.63) is 34.3 Å². The van der Waals surface area contributed by atoms with E-state index < -0.39 is 0 Å². The molecule has 1 atom stereocenters. The summed E-state index contributed by atoms with van der Waals surface area (Å²) in [4.78, 5) is 23.1. The number of ether oxygens (including phenoxy) is 1. The maximum Gasteiger partial charge on any atom is 0.273 e. The van der Waals surface area contributed by atoms with Gasteiger partial charge in [-0.2, -0.15) is 0 Å². The van der Waals surface area contributed by atoms with E-state index in [9.17, 15) is 4.79 Å². The van der Waals surface area contributed by atoms with Gasteiger partial charge in [0.1, 0.15) is 5.69 Å². The third-order valence-corrected chi connectivity index (χ3v) is 5.13. The second kappa shape index (κ2) is 6.05. The molecule has 1 amide bonds. The van der Waals surface area contributed by atoms with Crippen molar-refractivity contribution in [2.75, 3.05) is 19.8 Å². The predicted molar refractivity (Wildman–Crippen MR) is 86.3 cm³/mol. The van der Waals surface area contributed by atoms with Gasteiger partial charge in [-0.1, -0.05) is 0 Å². The van der Waals surface area contributed by atoms with Crippen LogP contribution in [0.25, 0.3) is 0 Å². The fourth-order valence-electron chi connectivity index (χ4n) is 3.16. The molecule has 0 radical (unpaired) electrons. The number of fused-ring (bicyclic) bond motifs is 1. The molecular weight excluding hydrogens is 312 g/mol. The molecule has 0 saturated heterocycles. The van der Waals surface area contributed by atoms with Crippen LogP contribution in [0, 0.1) is 5.92 Å². The van der Waals surface area contributed by atoms with E-state index in [0.717, 1.165) is 18.2 Å². The molecule has 2 aromatic rings. The van der Waals surface area contributed by atoms with Crippen molar-refractivity contribution in [1.29, 1.82) is 0 Å². The number of imidazole rings is 1. The Morgan fingerprint density at radius 2 is 2.26 bits per heavy atom. The molecule has 7 heteroatoms. The first-order valence-electron chi connectivity index (χ1n) is 7.97. The van der Waals surface area contributed by atoms with Gasteiger partial charge in [-0.15, -0.1) is 11.3 Å². The van der Waals surface area contributed by atoms with Gasteiger partial charge in [0, 0.05) is 37.2 Å². The molecule has 1 unspecified atom stereocenters. The predicted octanol–water partition coefficient (Wildman–Crippen LogP) is 2.04. The Kier molecular flexibility index (Phi) is 3.90. The van der Waals surface area contributed by atoms with Gasteiger partial charge in [-0.25, -0.2) is 9.97 Å². The standard InChI is InChI=1S/C16H20N4O2S/c1-19-9-17-13-5-20(16(21)14-8-23-10-18-14)4-12(15(13)19)7-22-6-11-2-3-11/h8-12H,2-7H2,1H3. The number of hydrogen-bond acceptors (Lipinski definition) is 5. The van der Waals surface area contributed by atoms with Crippen LogP contribution in [-0.2, 0) is 18.3 Å². The highest BCUT2D eigenvalue weighted by molar-refractivity contribution is 7.07. The first-order valence-corrected chi connectivity index (χ1v) is 8.92. The summed E-state index contributed by atoms with van der Waals surface area (Å²) >= 11 is 1.44. The summed E-state index contributed by atoms with van der Waals surface area (Å²) in [5.41, 5.74) is 4.39. The number of carbonyl (C=O) groups is 1. The molecule has 0 spiro atoms. The summed E-state index contributed by atoms with van der Waals surface area (Å²) in [6, 6.07) is 0. The molecule has 6 nitrogen and oxygen atoms in total. The Bertz CT molecular complexity index is 693. The first kappa shape index (κ1) is 14.8. The number of thiazole rings is 1. The maximum atomic E-state index is 12.6. The Labute approximate surface area is 139 Å². The maximum absolute atomic E-state index is 12.6. The number of aryl methyl sites for hydroxylation is 1. The Hall–Kier alpha value is -1.73. The van der Waals surface area contributed by atoms with Crippen molar-refractivity contribution < 1.29 is 9.53 Å². The zero-order valence-electron chi connectivity index (χ0n) is 13.1. The smallest absolute Gasteiger partial charge is 0.273 e. The van der Waals surface area contributed by atoms with Gasteiger partial charge >= 0.3 is 0 Å². The Morgan fingerprint density at radius 1 is 1.39 bits per heavy atom. The topological polar surface area (TPSA) is 60.2 Å². The highest BCUT2D eigenvalue weighted by Crippen LogP contribution is 2.31. The van der Waals surface area contributed by atoms with E-state index in [1.54, 1.807) is 10.9 Å². The third-order valence-electron chi connectivity index (χ3n) is 4.54. The summed E-state index contributed by atoms with van der Waals surface area (Å²) in [5.74, 6) is 0.902. The second-order valence-electron chi connectivity index (χ2n) is 6.42. The van der Waals surface area contributed by atoms with Crippen LogP contribution in [0.3, 0.4) is 0 Å². The number of hydrogen-bond donors (Lipinski definition) is 0. The minimum Gasteiger partial charge on any atom is -0.380 e. The van der Waals surface area contributed by atoms with E-state index in [1.807, 2.05) is 18.3 Å². The summed E-state index contributed by atoms with van der Waals surface area (Å²) < 4.78 is 7.97. The van der Waals surface area contributed by atoms with Gasteiger partial charge in [0.15, 0.2) is 0 Å². The van der Waals surface area contributed by atoms with E-state index >= 15 is 0 Å². The lowest BCUT2D eigenvalue weighted by Gasteiger charge is -2.32. The summed E-state index contributed by atoms with van der Waals surface area (Å²) in [6.45, 7) is 2.69. The van der Waals surface area contributed by atoms with Crippen LogP contribution in [-0.4, -0.2) is 45.1 Å². The van der Waals surface area contributed by atoms with E-state index in [0.29, 0.717) is 25.4 Å². The average Bonchev–Trinajstić information content (AvgIpc) is 3.07. The number of nitrogens with zero attached hydrogens (tertiary/aromatic N) is 4. The van der Waals surface area contributed by atoms with Crippen molar-refractivity contribution in [2.45, 2.75) is 25.3 Å². The van der Waals surface area contributed by atoms with Crippen LogP contribution in [0.15, 0.2) is 17.2 Å². The van der Waals surface area contributed by atoms with Crippen LogP contribution >= 0.6 is 11.3 Å². The van der Waals surface area contributed by atoms with Gasteiger partial charge in [-0.3, -0.25) is 4.79 Å². The summed E-state index contributed by atoms with van der Waals surface area (Å²) in [6.07, 6.45) is 4.40. The lowest BCUT2D eigenvalue weighted by atomic mass is 9.98. The first-order chi connectivity index (χ1) is 11.2. The van der Waals surface area contributed by atoms with E-state index in [2.05, 4.69) is 14.5 Å². The average molecular weight is 332 g/mol. The van der Waals surface area contributed by atoms with Crippen molar-refractivity contribution in [1.82, 2.24) is 19.4 Å². The molecule has 3 heterocycles. The van der Waals surface area contributed by atoms with Gasteiger partial charge in [-0.05, 0) is 18.8 Å². The Morgan fingerprint density at radius 3 is 3.00 bits per heavy atom. The van der Waals surface area contributed by atoms with Gasteiger partial charge in [0.2, 0.25) is 0 Å². The summed E-state index contributed by atoms with van der Waals surface area (Å²) in [5, 5.41) is 1.80. The van der Waals surface area contributed by atoms with E-state index in [-0.39, 0.29) is 11.8 Å². The van der Waals surface area contributed by atoms with Gasteiger partial charge < -0.3 is 14.2 Å². The summed E-state index contributed by atoms with van der Waals surface area (Å²) in [7, 11) is 2.01. The molecule has 0 N–H and O–H groups in total. The number of amides is 1. The lowest BCUT2D eigenvalue weighted by molar-refractivity contribution is 0.0614. The molecule has 122 valence electrons. The Balaban J connectivity index is 1.51. The third kappa shape index (κ3) is 3.03. The zero-order chi connectivity index (χ0) is 15.8. The van der Waals surface area contributed by atoms with Crippen LogP contribution in [0.2, 0.25) is 0 Å². The SMILES string of the molecule is Cn1cnc2c1C(COCC1CC1)CN(C(=O)c1cscn1)C2. The highest BCUT2D eigenvalue weighted by Gasteiger charge is 2.33. The number of carbonyl (C=O) groups excluding carboxylic acids is 1. The molecule has 1 aliphatic carbocycles. The molecule has 4 rings (SSSR count). The van der Waals surface area contributed by atoms with E-state index in [1.165, 1.54) is 29.9 Å². The van der Waals surface area contributed by atoms with Crippen LogP contribution in [0.5, 0.6) is 0 Å². The minimum absolute atomic E-state index is 0.0188. The number of aromatic nitrogens is 3. The van der Waals surface area contributed by atoms with Crippen molar-refractivity contribution in [3.8, 4) is 0 Å². The monoisotopic (exact) mass is 332 g/mol. The largest absolute Gasteiger partial charge is 0.380 e. The van der Waals surface area contributed by atoms with Crippen LogP contribution in [0.1, 0.15) is 40.6 Å². The quantitative estimate of drug-likeness (QED) is 0.841. The minimum atomic E-state index is -0.0188. The molecule has 1 saturated carbocycles. The van der Waals surface area contributed by atoms with Gasteiger partial charge in [0.25, 0.3) is 5.91 Å². The highest BCUT2D eigenvalue weighted by atomic mass is 32.1. The van der Waals surface area contributed by atoms with Crippen LogP contribution in [0.4, 0.5) is 0 Å². The normalized spacial score (nSPS) is 20.6. The molecule has 23 heavy (non-hydrogen) atoms. The molecule has 2 aliphatic rings. The fourth-order valence-corrected chi connectivity index (χ4v) is 3.69. The van der Waals surface area contributed by atoms with Crippen molar-refractivity contribution >= 4 is 17.2 Å². The molecule has 0 aromatic carbocycles. The molecule has 1 aliphatic heterocycles. The number of rotatable bonds is 5. The van der Waals surface area contributed by atoms with Gasteiger partial charge in [0.05, 0.1) is 30.7 Å². The van der Waals surface area contributed by atoms with Crippen molar-refractivity contribution in [3.63, 3.8) is 0 Å². The van der Waals surface area contributed by atoms with E-state index in [4.69, 9.17) is 4.74 Å². The fraction of sp³-hybridized carbons (Fsp3) is 0.562. The second-order valence-corrected chi connectivity index (χ2v) is 7.14. The molecular formula is C16H20N4O2S. The van der Waals surface area contributed by atoms with Crippen molar-refractivity contribution in [2.24, 2.45) is 13.0 Å².